The van der Waals surface area contributed by atoms with E-state index in [2.05, 4.69) is 53.6 Å². The molecule has 0 amide bonds. The van der Waals surface area contributed by atoms with E-state index in [1.54, 1.807) is 17.2 Å². The smallest absolute Gasteiger partial charge is 0.0858 e. The molecule has 4 nitrogen and oxygen atoms in total. The van der Waals surface area contributed by atoms with Crippen LogP contribution in [0.4, 0.5) is 5.69 Å². The second-order valence-electron chi connectivity index (χ2n) is 5.15. The van der Waals surface area contributed by atoms with Gasteiger partial charge in [-0.1, -0.05) is 29.8 Å². The molecule has 0 radical (unpaired) electrons. The molecule has 21 heavy (non-hydrogen) atoms. The molecule has 0 aliphatic rings. The zero-order chi connectivity index (χ0) is 14.7. The van der Waals surface area contributed by atoms with Gasteiger partial charge in [0.15, 0.2) is 0 Å². The number of hydrogen-bond donors (Lipinski definition) is 1. The third-order valence-electron chi connectivity index (χ3n) is 3.44. The molecule has 1 atom stereocenters. The van der Waals surface area contributed by atoms with Gasteiger partial charge < -0.3 is 5.32 Å². The summed E-state index contributed by atoms with van der Waals surface area (Å²) >= 11 is 0. The Hall–Kier alpha value is -2.62. The van der Waals surface area contributed by atoms with Gasteiger partial charge in [0.05, 0.1) is 18.1 Å². The van der Waals surface area contributed by atoms with Crippen molar-refractivity contribution in [1.82, 2.24) is 15.0 Å². The first-order chi connectivity index (χ1) is 10.2. The van der Waals surface area contributed by atoms with Crippen molar-refractivity contribution in [3.8, 4) is 5.69 Å². The molecule has 4 heteroatoms. The fraction of sp³-hybridized carbons (Fsp3) is 0.176. The highest BCUT2D eigenvalue weighted by Gasteiger charge is 2.05. The molecule has 1 heterocycles. The highest BCUT2D eigenvalue weighted by atomic mass is 15.5. The maximum absolute atomic E-state index is 4.12. The number of benzene rings is 2. The SMILES string of the molecule is Cc1cccc(C(C)Nc2ccc(-n3nccn3)cc2)c1. The van der Waals surface area contributed by atoms with Crippen molar-refractivity contribution in [2.75, 3.05) is 5.32 Å². The number of rotatable bonds is 4. The average molecular weight is 278 g/mol. The lowest BCUT2D eigenvalue weighted by Crippen LogP contribution is -2.07. The van der Waals surface area contributed by atoms with Gasteiger partial charge in [0.25, 0.3) is 0 Å². The molecule has 1 N–H and O–H groups in total. The van der Waals surface area contributed by atoms with Crippen LogP contribution in [0, 0.1) is 6.92 Å². The Labute approximate surface area is 124 Å². The van der Waals surface area contributed by atoms with Crippen LogP contribution in [0.2, 0.25) is 0 Å². The molecular formula is C17H18N4. The largest absolute Gasteiger partial charge is 0.379 e. The van der Waals surface area contributed by atoms with E-state index in [0.29, 0.717) is 0 Å². The van der Waals surface area contributed by atoms with E-state index in [1.165, 1.54) is 11.1 Å². The number of nitrogens with one attached hydrogen (secondary N) is 1. The Balaban J connectivity index is 1.73. The number of aryl methyl sites for hydroxylation is 1. The Bertz CT molecular complexity index is 702. The lowest BCUT2D eigenvalue weighted by Gasteiger charge is -2.16. The van der Waals surface area contributed by atoms with Crippen LogP contribution in [-0.2, 0) is 0 Å². The molecule has 106 valence electrons. The van der Waals surface area contributed by atoms with E-state index in [0.717, 1.165) is 11.4 Å². The molecule has 0 aliphatic heterocycles. The second-order valence-corrected chi connectivity index (χ2v) is 5.15. The molecule has 1 aromatic heterocycles. The molecule has 2 aromatic carbocycles. The monoisotopic (exact) mass is 278 g/mol. The zero-order valence-corrected chi connectivity index (χ0v) is 12.2. The Morgan fingerprint density at radius 2 is 1.71 bits per heavy atom. The summed E-state index contributed by atoms with van der Waals surface area (Å²) in [7, 11) is 0. The van der Waals surface area contributed by atoms with Crippen molar-refractivity contribution in [2.24, 2.45) is 0 Å². The summed E-state index contributed by atoms with van der Waals surface area (Å²) in [6.07, 6.45) is 3.35. The Morgan fingerprint density at radius 3 is 2.38 bits per heavy atom. The Morgan fingerprint density at radius 1 is 1.00 bits per heavy atom. The Kier molecular flexibility index (Phi) is 3.69. The van der Waals surface area contributed by atoms with Gasteiger partial charge in [-0.25, -0.2) is 0 Å². The van der Waals surface area contributed by atoms with Crippen LogP contribution in [-0.4, -0.2) is 15.0 Å². The molecule has 1 unspecified atom stereocenters. The van der Waals surface area contributed by atoms with Gasteiger partial charge in [0.2, 0.25) is 0 Å². The minimum atomic E-state index is 0.263. The first-order valence-electron chi connectivity index (χ1n) is 7.02. The molecule has 0 saturated heterocycles. The topological polar surface area (TPSA) is 42.7 Å². The van der Waals surface area contributed by atoms with E-state index in [9.17, 15) is 0 Å². The van der Waals surface area contributed by atoms with Gasteiger partial charge >= 0.3 is 0 Å². The molecule has 0 bridgehead atoms. The fourth-order valence-electron chi connectivity index (χ4n) is 2.31. The lowest BCUT2D eigenvalue weighted by molar-refractivity contribution is 0.752. The van der Waals surface area contributed by atoms with Crippen molar-refractivity contribution < 1.29 is 0 Å². The van der Waals surface area contributed by atoms with Crippen LogP contribution in [0.1, 0.15) is 24.1 Å². The molecule has 3 aromatic rings. The highest BCUT2D eigenvalue weighted by Crippen LogP contribution is 2.20. The third kappa shape index (κ3) is 3.11. The summed E-state index contributed by atoms with van der Waals surface area (Å²) in [5.74, 6) is 0. The number of nitrogens with zero attached hydrogens (tertiary/aromatic N) is 3. The first kappa shape index (κ1) is 13.4. The van der Waals surface area contributed by atoms with E-state index in [1.807, 2.05) is 24.3 Å². The summed E-state index contributed by atoms with van der Waals surface area (Å²) in [6, 6.07) is 16.9. The van der Waals surface area contributed by atoms with Gasteiger partial charge in [0.1, 0.15) is 0 Å². The van der Waals surface area contributed by atoms with Crippen molar-refractivity contribution in [3.63, 3.8) is 0 Å². The summed E-state index contributed by atoms with van der Waals surface area (Å²) in [6.45, 7) is 4.28. The quantitative estimate of drug-likeness (QED) is 0.790. The van der Waals surface area contributed by atoms with Crippen molar-refractivity contribution >= 4 is 5.69 Å². The number of hydrogen-bond acceptors (Lipinski definition) is 3. The van der Waals surface area contributed by atoms with Crippen molar-refractivity contribution in [1.29, 1.82) is 0 Å². The molecule has 0 spiro atoms. The van der Waals surface area contributed by atoms with Crippen LogP contribution in [0.3, 0.4) is 0 Å². The molecule has 3 rings (SSSR count). The van der Waals surface area contributed by atoms with Gasteiger partial charge in [-0.05, 0) is 43.7 Å². The normalized spacial score (nSPS) is 12.1. The standard InChI is InChI=1S/C17H18N4/c1-13-4-3-5-15(12-13)14(2)20-16-6-8-17(9-7-16)21-18-10-11-19-21/h3-12,14,20H,1-2H3. The lowest BCUT2D eigenvalue weighted by atomic mass is 10.1. The first-order valence-corrected chi connectivity index (χ1v) is 7.02. The van der Waals surface area contributed by atoms with Crippen molar-refractivity contribution in [2.45, 2.75) is 19.9 Å². The average Bonchev–Trinajstić information content (AvgIpc) is 3.02. The van der Waals surface area contributed by atoms with E-state index >= 15 is 0 Å². The molecule has 0 saturated carbocycles. The van der Waals surface area contributed by atoms with Gasteiger partial charge in [-0.3, -0.25) is 0 Å². The summed E-state index contributed by atoms with van der Waals surface area (Å²) in [4.78, 5) is 1.60. The minimum Gasteiger partial charge on any atom is -0.379 e. The molecular weight excluding hydrogens is 260 g/mol. The fourth-order valence-corrected chi connectivity index (χ4v) is 2.31. The van der Waals surface area contributed by atoms with Crippen LogP contribution < -0.4 is 5.32 Å². The maximum Gasteiger partial charge on any atom is 0.0858 e. The second kappa shape index (κ2) is 5.79. The summed E-state index contributed by atoms with van der Waals surface area (Å²) in [5.41, 5.74) is 4.60. The van der Waals surface area contributed by atoms with Gasteiger partial charge in [0, 0.05) is 11.7 Å². The van der Waals surface area contributed by atoms with Crippen LogP contribution in [0.25, 0.3) is 5.69 Å². The number of aromatic nitrogens is 3. The maximum atomic E-state index is 4.12. The predicted molar refractivity (Wildman–Crippen MR) is 84.6 cm³/mol. The van der Waals surface area contributed by atoms with Crippen molar-refractivity contribution in [3.05, 3.63) is 72.1 Å². The molecule has 0 aliphatic carbocycles. The zero-order valence-electron chi connectivity index (χ0n) is 12.2. The summed E-state index contributed by atoms with van der Waals surface area (Å²) < 4.78 is 0. The van der Waals surface area contributed by atoms with Gasteiger partial charge in [-0.2, -0.15) is 15.0 Å². The highest BCUT2D eigenvalue weighted by molar-refractivity contribution is 5.49. The third-order valence-corrected chi connectivity index (χ3v) is 3.44. The van der Waals surface area contributed by atoms with Crippen LogP contribution >= 0.6 is 0 Å². The van der Waals surface area contributed by atoms with E-state index in [4.69, 9.17) is 0 Å². The van der Waals surface area contributed by atoms with E-state index in [-0.39, 0.29) is 6.04 Å². The molecule has 0 fully saturated rings. The van der Waals surface area contributed by atoms with E-state index < -0.39 is 0 Å². The summed E-state index contributed by atoms with van der Waals surface area (Å²) in [5, 5.41) is 11.7. The van der Waals surface area contributed by atoms with Gasteiger partial charge in [-0.15, -0.1) is 0 Å². The van der Waals surface area contributed by atoms with Crippen LogP contribution in [0.5, 0.6) is 0 Å². The predicted octanol–water partition coefficient (Wildman–Crippen LogP) is 3.75. The van der Waals surface area contributed by atoms with Crippen LogP contribution in [0.15, 0.2) is 60.9 Å². The minimum absolute atomic E-state index is 0.263. The number of anilines is 1.